The first-order valence-electron chi connectivity index (χ1n) is 6.94. The van der Waals surface area contributed by atoms with E-state index in [0.717, 1.165) is 23.8 Å². The number of hydrogen-bond acceptors (Lipinski definition) is 3. The molecule has 0 saturated heterocycles. The summed E-state index contributed by atoms with van der Waals surface area (Å²) in [4.78, 5) is 10.3. The van der Waals surface area contributed by atoms with Crippen LogP contribution in [0.2, 0.25) is 0 Å². The van der Waals surface area contributed by atoms with Gasteiger partial charge in [0.25, 0.3) is 0 Å². The molecule has 0 amide bonds. The van der Waals surface area contributed by atoms with Gasteiger partial charge in [0, 0.05) is 18.4 Å². The number of carboxylic acid groups (broad SMARTS) is 1. The van der Waals surface area contributed by atoms with Crippen molar-refractivity contribution in [3.05, 3.63) is 41.3 Å². The molecule has 0 aromatic heterocycles. The van der Waals surface area contributed by atoms with E-state index >= 15 is 0 Å². The topological polar surface area (TPSA) is 83.5 Å². The number of aliphatic carboxylic acids is 1. The summed E-state index contributed by atoms with van der Waals surface area (Å²) >= 11 is 0. The van der Waals surface area contributed by atoms with Gasteiger partial charge in [-0.2, -0.15) is 0 Å². The van der Waals surface area contributed by atoms with Crippen molar-refractivity contribution in [1.82, 2.24) is 4.72 Å². The van der Waals surface area contributed by atoms with Crippen molar-refractivity contribution in [2.45, 2.75) is 32.1 Å². The first-order chi connectivity index (χ1) is 9.99. The number of hydrogen-bond donors (Lipinski definition) is 2. The van der Waals surface area contributed by atoms with Crippen molar-refractivity contribution in [3.63, 3.8) is 0 Å². The Hall–Kier alpha value is -1.66. The van der Waals surface area contributed by atoms with Gasteiger partial charge in [0.2, 0.25) is 10.0 Å². The van der Waals surface area contributed by atoms with E-state index in [-0.39, 0.29) is 6.42 Å². The maximum Gasteiger partial charge on any atom is 0.303 e. The van der Waals surface area contributed by atoms with Crippen LogP contribution in [-0.2, 0) is 14.8 Å². The first-order valence-corrected chi connectivity index (χ1v) is 8.49. The van der Waals surface area contributed by atoms with Crippen LogP contribution in [0, 0.1) is 0 Å². The van der Waals surface area contributed by atoms with E-state index in [1.165, 1.54) is 0 Å². The smallest absolute Gasteiger partial charge is 0.303 e. The highest BCUT2D eigenvalue weighted by Crippen LogP contribution is 2.04. The van der Waals surface area contributed by atoms with Crippen molar-refractivity contribution in [1.29, 1.82) is 0 Å². The third kappa shape index (κ3) is 8.99. The van der Waals surface area contributed by atoms with Crippen molar-refractivity contribution >= 4 is 22.1 Å². The Morgan fingerprint density at radius 1 is 1.10 bits per heavy atom. The molecule has 0 fully saturated rings. The van der Waals surface area contributed by atoms with E-state index in [9.17, 15) is 13.2 Å². The molecule has 6 heteroatoms. The molecule has 116 valence electrons. The molecule has 1 rings (SSSR count). The quantitative estimate of drug-likeness (QED) is 0.651. The molecule has 1 aromatic rings. The normalized spacial score (nSPS) is 11.8. The van der Waals surface area contributed by atoms with Crippen LogP contribution in [-0.4, -0.2) is 26.0 Å². The molecule has 2 N–H and O–H groups in total. The van der Waals surface area contributed by atoms with Crippen molar-refractivity contribution in [2.75, 3.05) is 6.54 Å². The van der Waals surface area contributed by atoms with Gasteiger partial charge in [-0.15, -0.1) is 0 Å². The van der Waals surface area contributed by atoms with Gasteiger partial charge < -0.3 is 5.11 Å². The molecule has 0 aliphatic carbocycles. The van der Waals surface area contributed by atoms with Crippen LogP contribution in [0.15, 0.2) is 35.7 Å². The van der Waals surface area contributed by atoms with Gasteiger partial charge in [-0.05, 0) is 24.5 Å². The zero-order chi connectivity index (χ0) is 15.6. The number of unbranched alkanes of at least 4 members (excludes halogenated alkanes) is 3. The molecule has 0 aliphatic rings. The van der Waals surface area contributed by atoms with Crippen LogP contribution in [0.4, 0.5) is 0 Å². The zero-order valence-corrected chi connectivity index (χ0v) is 12.7. The summed E-state index contributed by atoms with van der Waals surface area (Å²) in [7, 11) is -3.41. The van der Waals surface area contributed by atoms with E-state index in [4.69, 9.17) is 5.11 Å². The fourth-order valence-corrected chi connectivity index (χ4v) is 2.61. The lowest BCUT2D eigenvalue weighted by Crippen LogP contribution is -2.22. The van der Waals surface area contributed by atoms with E-state index < -0.39 is 16.0 Å². The average molecular weight is 311 g/mol. The van der Waals surface area contributed by atoms with Crippen molar-refractivity contribution in [3.8, 4) is 0 Å². The van der Waals surface area contributed by atoms with Gasteiger partial charge in [0.05, 0.1) is 0 Å². The third-order valence-electron chi connectivity index (χ3n) is 2.86. The number of nitrogens with one attached hydrogen (secondary N) is 1. The Morgan fingerprint density at radius 2 is 1.76 bits per heavy atom. The molecular weight excluding hydrogens is 290 g/mol. The minimum Gasteiger partial charge on any atom is -0.481 e. The number of carbonyl (C=O) groups is 1. The SMILES string of the molecule is O=C(O)CCCCCCNS(=O)(=O)/C=C/c1ccccc1. The summed E-state index contributed by atoms with van der Waals surface area (Å²) in [5.41, 5.74) is 0.830. The number of sulfonamides is 1. The molecule has 5 nitrogen and oxygen atoms in total. The van der Waals surface area contributed by atoms with E-state index in [1.807, 2.05) is 30.3 Å². The molecule has 21 heavy (non-hydrogen) atoms. The van der Waals surface area contributed by atoms with Crippen LogP contribution in [0.5, 0.6) is 0 Å². The third-order valence-corrected chi connectivity index (χ3v) is 3.96. The second-order valence-corrected chi connectivity index (χ2v) is 6.36. The highest BCUT2D eigenvalue weighted by molar-refractivity contribution is 7.92. The number of rotatable bonds is 10. The van der Waals surface area contributed by atoms with Gasteiger partial charge in [-0.3, -0.25) is 4.79 Å². The Labute approximate surface area is 125 Å². The van der Waals surface area contributed by atoms with Crippen molar-refractivity contribution in [2.24, 2.45) is 0 Å². The largest absolute Gasteiger partial charge is 0.481 e. The summed E-state index contributed by atoms with van der Waals surface area (Å²) in [5, 5.41) is 9.64. The maximum atomic E-state index is 11.7. The highest BCUT2D eigenvalue weighted by Gasteiger charge is 2.03. The lowest BCUT2D eigenvalue weighted by atomic mass is 10.1. The minimum absolute atomic E-state index is 0.172. The van der Waals surface area contributed by atoms with Crippen molar-refractivity contribution < 1.29 is 18.3 Å². The molecule has 1 aromatic carbocycles. The molecule has 0 radical (unpaired) electrons. The molecule has 0 unspecified atom stereocenters. The Balaban J connectivity index is 2.21. The summed E-state index contributed by atoms with van der Waals surface area (Å²) < 4.78 is 25.9. The van der Waals surface area contributed by atoms with Crippen LogP contribution < -0.4 is 4.72 Å². The molecular formula is C15H21NO4S. The van der Waals surface area contributed by atoms with Crippen LogP contribution in [0.25, 0.3) is 6.08 Å². The molecule has 0 saturated carbocycles. The second-order valence-electron chi connectivity index (χ2n) is 4.71. The van der Waals surface area contributed by atoms with Gasteiger partial charge in [0.15, 0.2) is 0 Å². The van der Waals surface area contributed by atoms with Crippen LogP contribution in [0.3, 0.4) is 0 Å². The number of benzene rings is 1. The molecule has 0 heterocycles. The summed E-state index contributed by atoms with van der Waals surface area (Å²) in [6, 6.07) is 9.21. The molecule has 0 aliphatic heterocycles. The fourth-order valence-electron chi connectivity index (χ4n) is 1.75. The Bertz CT molecular complexity index is 552. The Morgan fingerprint density at radius 3 is 2.43 bits per heavy atom. The molecule has 0 atom stereocenters. The van der Waals surface area contributed by atoms with E-state index in [2.05, 4.69) is 4.72 Å². The maximum absolute atomic E-state index is 11.7. The zero-order valence-electron chi connectivity index (χ0n) is 11.9. The lowest BCUT2D eigenvalue weighted by molar-refractivity contribution is -0.137. The van der Waals surface area contributed by atoms with Crippen LogP contribution in [0.1, 0.15) is 37.7 Å². The summed E-state index contributed by atoms with van der Waals surface area (Å²) in [5.74, 6) is -0.790. The van der Waals surface area contributed by atoms with Gasteiger partial charge in [-0.1, -0.05) is 43.2 Å². The predicted molar refractivity (Wildman–Crippen MR) is 83.1 cm³/mol. The molecule has 0 spiro atoms. The monoisotopic (exact) mass is 311 g/mol. The number of carboxylic acids is 1. The fraction of sp³-hybridized carbons (Fsp3) is 0.400. The average Bonchev–Trinajstić information content (AvgIpc) is 2.45. The standard InChI is InChI=1S/C15H21NO4S/c17-15(18)10-6-1-2-7-12-16-21(19,20)13-11-14-8-4-3-5-9-14/h3-5,8-9,11,13,16H,1-2,6-7,10,12H2,(H,17,18)/b13-11+. The highest BCUT2D eigenvalue weighted by atomic mass is 32.2. The van der Waals surface area contributed by atoms with Gasteiger partial charge >= 0.3 is 5.97 Å². The second kappa shape index (κ2) is 9.31. The first kappa shape index (κ1) is 17.4. The summed E-state index contributed by atoms with van der Waals surface area (Å²) in [6.07, 6.45) is 4.68. The minimum atomic E-state index is -3.41. The molecule has 0 bridgehead atoms. The lowest BCUT2D eigenvalue weighted by Gasteiger charge is -2.02. The summed E-state index contributed by atoms with van der Waals surface area (Å²) in [6.45, 7) is 0.370. The van der Waals surface area contributed by atoms with Gasteiger partial charge in [-0.25, -0.2) is 13.1 Å². The predicted octanol–water partition coefficient (Wildman–Crippen LogP) is 2.61. The van der Waals surface area contributed by atoms with E-state index in [1.54, 1.807) is 6.08 Å². The van der Waals surface area contributed by atoms with Gasteiger partial charge in [0.1, 0.15) is 0 Å². The van der Waals surface area contributed by atoms with E-state index in [0.29, 0.717) is 19.4 Å². The van der Waals surface area contributed by atoms with Crippen LogP contribution >= 0.6 is 0 Å². The Kier molecular flexibility index (Phi) is 7.71.